The van der Waals surface area contributed by atoms with Gasteiger partial charge in [0.25, 0.3) is 0 Å². The molecule has 0 aliphatic carbocycles. The molecule has 0 saturated heterocycles. The molecule has 1 aromatic heterocycles. The molecule has 1 atom stereocenters. The first-order chi connectivity index (χ1) is 6.98. The highest BCUT2D eigenvalue weighted by Gasteiger charge is 2.26. The maximum absolute atomic E-state index is 6.05. The van der Waals surface area contributed by atoms with Crippen LogP contribution in [0.5, 0.6) is 0 Å². The average molecular weight is 229 g/mol. The van der Waals surface area contributed by atoms with Crippen LogP contribution in [0.4, 0.5) is 0 Å². The quantitative estimate of drug-likeness (QED) is 0.708. The Balaban J connectivity index is 2.55. The maximum Gasteiger partial charge on any atom is 0.0521 e. The van der Waals surface area contributed by atoms with Crippen LogP contribution in [0.2, 0.25) is 0 Å². The number of halogens is 1. The number of alkyl halides is 1. The number of hydrogen-bond donors (Lipinski definition) is 0. The lowest BCUT2D eigenvalue weighted by Crippen LogP contribution is -2.26. The Morgan fingerprint density at radius 3 is 2.60 bits per heavy atom. The standard InChI is InChI=1S/C12H21ClN2/c1-10(2)12(3,9-13)6-5-11-7-14-15(4)8-11/h7-8,10H,5-6,9H2,1-4H3. The molecule has 0 N–H and O–H groups in total. The van der Waals surface area contributed by atoms with Gasteiger partial charge in [0.2, 0.25) is 0 Å². The van der Waals surface area contributed by atoms with Gasteiger partial charge in [-0.3, -0.25) is 4.68 Å². The van der Waals surface area contributed by atoms with Crippen LogP contribution >= 0.6 is 11.6 Å². The van der Waals surface area contributed by atoms with Gasteiger partial charge in [0.05, 0.1) is 6.20 Å². The van der Waals surface area contributed by atoms with Crippen molar-refractivity contribution < 1.29 is 0 Å². The van der Waals surface area contributed by atoms with Gasteiger partial charge in [-0.05, 0) is 29.7 Å². The van der Waals surface area contributed by atoms with E-state index in [1.807, 2.05) is 17.9 Å². The van der Waals surface area contributed by atoms with Crippen LogP contribution in [0.25, 0.3) is 0 Å². The molecule has 1 unspecified atom stereocenters. The summed E-state index contributed by atoms with van der Waals surface area (Å²) in [5, 5.41) is 4.17. The van der Waals surface area contributed by atoms with E-state index in [-0.39, 0.29) is 5.41 Å². The highest BCUT2D eigenvalue weighted by Crippen LogP contribution is 2.33. The summed E-state index contributed by atoms with van der Waals surface area (Å²) in [6.45, 7) is 6.75. The second-order valence-corrected chi connectivity index (χ2v) is 5.23. The molecule has 0 aliphatic rings. The Hall–Kier alpha value is -0.500. The summed E-state index contributed by atoms with van der Waals surface area (Å²) in [6.07, 6.45) is 6.21. The minimum Gasteiger partial charge on any atom is -0.276 e. The van der Waals surface area contributed by atoms with Crippen molar-refractivity contribution in [3.05, 3.63) is 18.0 Å². The first-order valence-corrected chi connectivity index (χ1v) is 6.05. The normalized spacial score (nSPS) is 15.6. The number of rotatable bonds is 5. The lowest BCUT2D eigenvalue weighted by Gasteiger charge is -2.31. The van der Waals surface area contributed by atoms with Gasteiger partial charge in [0.1, 0.15) is 0 Å². The minimum atomic E-state index is 0.234. The van der Waals surface area contributed by atoms with Gasteiger partial charge in [-0.1, -0.05) is 20.8 Å². The topological polar surface area (TPSA) is 17.8 Å². The Morgan fingerprint density at radius 2 is 2.20 bits per heavy atom. The molecule has 15 heavy (non-hydrogen) atoms. The smallest absolute Gasteiger partial charge is 0.0521 e. The fourth-order valence-corrected chi connectivity index (χ4v) is 1.98. The van der Waals surface area contributed by atoms with E-state index in [9.17, 15) is 0 Å². The van der Waals surface area contributed by atoms with Crippen LogP contribution in [0.3, 0.4) is 0 Å². The van der Waals surface area contributed by atoms with Gasteiger partial charge in [0.15, 0.2) is 0 Å². The van der Waals surface area contributed by atoms with Crippen molar-refractivity contribution in [2.24, 2.45) is 18.4 Å². The molecule has 0 aliphatic heterocycles. The molecule has 0 bridgehead atoms. The number of hydrogen-bond acceptors (Lipinski definition) is 1. The van der Waals surface area contributed by atoms with Crippen molar-refractivity contribution in [3.8, 4) is 0 Å². The third kappa shape index (κ3) is 3.23. The van der Waals surface area contributed by atoms with Crippen molar-refractivity contribution in [2.45, 2.75) is 33.6 Å². The molecule has 86 valence electrons. The minimum absolute atomic E-state index is 0.234. The second kappa shape index (κ2) is 5.02. The van der Waals surface area contributed by atoms with Crippen LogP contribution in [-0.2, 0) is 13.5 Å². The van der Waals surface area contributed by atoms with Gasteiger partial charge < -0.3 is 0 Å². The van der Waals surface area contributed by atoms with E-state index in [4.69, 9.17) is 11.6 Å². The summed E-state index contributed by atoms with van der Waals surface area (Å²) in [7, 11) is 1.95. The van der Waals surface area contributed by atoms with Crippen molar-refractivity contribution in [3.63, 3.8) is 0 Å². The van der Waals surface area contributed by atoms with Crippen molar-refractivity contribution >= 4 is 11.6 Å². The Bertz CT molecular complexity index is 306. The third-order valence-corrected chi connectivity index (χ3v) is 4.05. The molecule has 0 saturated carbocycles. The Labute approximate surface area is 97.6 Å². The Morgan fingerprint density at radius 1 is 1.53 bits per heavy atom. The zero-order valence-corrected chi connectivity index (χ0v) is 10.9. The predicted octanol–water partition coefficient (Wildman–Crippen LogP) is 3.25. The highest BCUT2D eigenvalue weighted by atomic mass is 35.5. The molecule has 0 radical (unpaired) electrons. The van der Waals surface area contributed by atoms with Gasteiger partial charge in [-0.2, -0.15) is 5.10 Å². The molecule has 0 aromatic carbocycles. The average Bonchev–Trinajstić information content (AvgIpc) is 2.60. The number of aryl methyl sites for hydroxylation is 2. The summed E-state index contributed by atoms with van der Waals surface area (Å²) < 4.78 is 1.85. The van der Waals surface area contributed by atoms with Crippen LogP contribution in [-0.4, -0.2) is 15.7 Å². The van der Waals surface area contributed by atoms with Crippen molar-refractivity contribution in [2.75, 3.05) is 5.88 Å². The zero-order valence-electron chi connectivity index (χ0n) is 10.1. The molecule has 1 heterocycles. The largest absolute Gasteiger partial charge is 0.276 e. The van der Waals surface area contributed by atoms with E-state index in [1.54, 1.807) is 0 Å². The number of nitrogens with zero attached hydrogens (tertiary/aromatic N) is 2. The van der Waals surface area contributed by atoms with Crippen LogP contribution in [0.15, 0.2) is 12.4 Å². The van der Waals surface area contributed by atoms with E-state index in [0.29, 0.717) is 5.92 Å². The van der Waals surface area contributed by atoms with Gasteiger partial charge in [0, 0.05) is 19.1 Å². The molecule has 1 aromatic rings. The van der Waals surface area contributed by atoms with Gasteiger partial charge in [-0.25, -0.2) is 0 Å². The first-order valence-electron chi connectivity index (χ1n) is 5.51. The second-order valence-electron chi connectivity index (χ2n) is 4.96. The summed E-state index contributed by atoms with van der Waals surface area (Å²) >= 11 is 6.05. The molecular formula is C12H21ClN2. The molecule has 0 spiro atoms. The fourth-order valence-electron chi connectivity index (χ4n) is 1.54. The lowest BCUT2D eigenvalue weighted by molar-refractivity contribution is 0.235. The van der Waals surface area contributed by atoms with E-state index in [1.165, 1.54) is 5.56 Å². The lowest BCUT2D eigenvalue weighted by atomic mass is 9.77. The van der Waals surface area contributed by atoms with E-state index >= 15 is 0 Å². The van der Waals surface area contributed by atoms with E-state index in [0.717, 1.165) is 18.7 Å². The van der Waals surface area contributed by atoms with E-state index in [2.05, 4.69) is 32.1 Å². The molecule has 2 nitrogen and oxygen atoms in total. The van der Waals surface area contributed by atoms with Gasteiger partial charge >= 0.3 is 0 Å². The highest BCUT2D eigenvalue weighted by molar-refractivity contribution is 6.18. The van der Waals surface area contributed by atoms with Crippen molar-refractivity contribution in [1.29, 1.82) is 0 Å². The van der Waals surface area contributed by atoms with Crippen LogP contribution < -0.4 is 0 Å². The monoisotopic (exact) mass is 228 g/mol. The Kier molecular flexibility index (Phi) is 4.21. The SMILES string of the molecule is CC(C)C(C)(CCl)CCc1cnn(C)c1. The molecule has 3 heteroatoms. The maximum atomic E-state index is 6.05. The summed E-state index contributed by atoms with van der Waals surface area (Å²) in [5.74, 6) is 1.34. The van der Waals surface area contributed by atoms with Crippen molar-refractivity contribution in [1.82, 2.24) is 9.78 Å². The summed E-state index contributed by atoms with van der Waals surface area (Å²) in [5.41, 5.74) is 1.53. The molecular weight excluding hydrogens is 208 g/mol. The number of aromatic nitrogens is 2. The van der Waals surface area contributed by atoms with Gasteiger partial charge in [-0.15, -0.1) is 11.6 Å². The molecule has 0 amide bonds. The predicted molar refractivity (Wildman–Crippen MR) is 65.2 cm³/mol. The summed E-state index contributed by atoms with van der Waals surface area (Å²) in [4.78, 5) is 0. The first kappa shape index (κ1) is 12.6. The zero-order chi connectivity index (χ0) is 11.5. The fraction of sp³-hybridized carbons (Fsp3) is 0.750. The molecule has 0 fully saturated rings. The third-order valence-electron chi connectivity index (χ3n) is 3.44. The molecule has 1 rings (SSSR count). The van der Waals surface area contributed by atoms with Crippen LogP contribution in [0.1, 0.15) is 32.8 Å². The van der Waals surface area contributed by atoms with E-state index < -0.39 is 0 Å². The van der Waals surface area contributed by atoms with Crippen LogP contribution in [0, 0.1) is 11.3 Å². The summed E-state index contributed by atoms with van der Waals surface area (Å²) in [6, 6.07) is 0.